The van der Waals surface area contributed by atoms with Gasteiger partial charge in [0.25, 0.3) is 5.69 Å². The molecule has 0 bridgehead atoms. The van der Waals surface area contributed by atoms with E-state index >= 15 is 0 Å². The lowest BCUT2D eigenvalue weighted by Gasteiger charge is -2.14. The first-order valence-electron chi connectivity index (χ1n) is 7.70. The van der Waals surface area contributed by atoms with E-state index in [0.717, 1.165) is 4.90 Å². The van der Waals surface area contributed by atoms with Crippen LogP contribution in [0.5, 0.6) is 0 Å². The summed E-state index contributed by atoms with van der Waals surface area (Å²) in [4.78, 5) is 27.5. The first kappa shape index (κ1) is 17.6. The number of nitro benzene ring substituents is 1. The third-order valence-corrected chi connectivity index (χ3v) is 4.67. The second-order valence-electron chi connectivity index (χ2n) is 5.36. The van der Waals surface area contributed by atoms with Gasteiger partial charge >= 0.3 is 0 Å². The van der Waals surface area contributed by atoms with Crippen molar-refractivity contribution in [3.05, 3.63) is 71.3 Å². The van der Waals surface area contributed by atoms with Gasteiger partial charge < -0.3 is 5.32 Å². The van der Waals surface area contributed by atoms with Crippen molar-refractivity contribution in [1.82, 2.24) is 14.8 Å². The second-order valence-corrected chi connectivity index (χ2v) is 6.77. The lowest BCUT2D eigenvalue weighted by molar-refractivity contribution is -0.384. The SMILES string of the molecule is CC(Sc1ccc([N+](=O)[O-])cc1)C(=O)Nc1ccccc1-n1cncn1. The number of hydrogen-bond acceptors (Lipinski definition) is 6. The fraction of sp³-hybridized carbons (Fsp3) is 0.118. The summed E-state index contributed by atoms with van der Waals surface area (Å²) in [6, 6.07) is 13.4. The monoisotopic (exact) mass is 369 g/mol. The predicted molar refractivity (Wildman–Crippen MR) is 98.4 cm³/mol. The number of nitrogens with one attached hydrogen (secondary N) is 1. The van der Waals surface area contributed by atoms with E-state index in [9.17, 15) is 14.9 Å². The van der Waals surface area contributed by atoms with Crippen LogP contribution in [-0.4, -0.2) is 30.8 Å². The summed E-state index contributed by atoms with van der Waals surface area (Å²) >= 11 is 1.33. The Labute approximate surface area is 153 Å². The second kappa shape index (κ2) is 7.79. The van der Waals surface area contributed by atoms with E-state index in [-0.39, 0.29) is 16.8 Å². The molecular weight excluding hydrogens is 354 g/mol. The van der Waals surface area contributed by atoms with Gasteiger partial charge in [-0.2, -0.15) is 5.10 Å². The number of thioether (sulfide) groups is 1. The molecule has 1 aromatic heterocycles. The first-order valence-corrected chi connectivity index (χ1v) is 8.58. The smallest absolute Gasteiger partial charge is 0.269 e. The Morgan fingerprint density at radius 3 is 2.62 bits per heavy atom. The number of rotatable bonds is 6. The summed E-state index contributed by atoms with van der Waals surface area (Å²) < 4.78 is 1.57. The summed E-state index contributed by atoms with van der Waals surface area (Å²) in [6.07, 6.45) is 2.98. The van der Waals surface area contributed by atoms with Crippen LogP contribution in [0.1, 0.15) is 6.92 Å². The molecule has 26 heavy (non-hydrogen) atoms. The van der Waals surface area contributed by atoms with E-state index < -0.39 is 4.92 Å². The molecule has 0 spiro atoms. The number of hydrogen-bond donors (Lipinski definition) is 1. The number of carbonyl (C=O) groups is 1. The fourth-order valence-electron chi connectivity index (χ4n) is 2.25. The minimum absolute atomic E-state index is 0.0215. The zero-order chi connectivity index (χ0) is 18.5. The van der Waals surface area contributed by atoms with Crippen molar-refractivity contribution in [2.75, 3.05) is 5.32 Å². The molecule has 1 unspecified atom stereocenters. The predicted octanol–water partition coefficient (Wildman–Crippen LogP) is 3.29. The van der Waals surface area contributed by atoms with E-state index in [1.807, 2.05) is 18.2 Å². The van der Waals surface area contributed by atoms with Crippen molar-refractivity contribution in [2.24, 2.45) is 0 Å². The summed E-state index contributed by atoms with van der Waals surface area (Å²) in [5.41, 5.74) is 1.36. The van der Waals surface area contributed by atoms with E-state index in [1.54, 1.807) is 36.1 Å². The number of amides is 1. The van der Waals surface area contributed by atoms with Gasteiger partial charge in [0.2, 0.25) is 5.91 Å². The van der Waals surface area contributed by atoms with Crippen LogP contribution in [0.25, 0.3) is 5.69 Å². The van der Waals surface area contributed by atoms with Crippen molar-refractivity contribution in [1.29, 1.82) is 0 Å². The largest absolute Gasteiger partial charge is 0.323 e. The number of benzene rings is 2. The Bertz CT molecular complexity index is 912. The standard InChI is InChI=1S/C17H15N5O3S/c1-12(26-14-8-6-13(7-9-14)22(24)25)17(23)20-15-4-2-3-5-16(15)21-11-18-10-19-21/h2-12H,1H3,(H,20,23). The highest BCUT2D eigenvalue weighted by atomic mass is 32.2. The molecule has 0 saturated heterocycles. The molecule has 3 rings (SSSR count). The summed E-state index contributed by atoms with van der Waals surface area (Å²) in [7, 11) is 0. The van der Waals surface area contributed by atoms with Gasteiger partial charge in [-0.25, -0.2) is 9.67 Å². The van der Waals surface area contributed by atoms with Crippen LogP contribution < -0.4 is 5.32 Å². The zero-order valence-corrected chi connectivity index (χ0v) is 14.6. The highest BCUT2D eigenvalue weighted by Crippen LogP contribution is 2.27. The lowest BCUT2D eigenvalue weighted by atomic mass is 10.2. The molecule has 0 aliphatic carbocycles. The number of para-hydroxylation sites is 2. The van der Waals surface area contributed by atoms with Gasteiger partial charge in [0.05, 0.1) is 21.5 Å². The molecule has 3 aromatic rings. The molecule has 0 aliphatic heterocycles. The third kappa shape index (κ3) is 4.06. The number of nitro groups is 1. The maximum absolute atomic E-state index is 12.5. The van der Waals surface area contributed by atoms with Gasteiger partial charge in [0.15, 0.2) is 0 Å². The van der Waals surface area contributed by atoms with Gasteiger partial charge in [0.1, 0.15) is 12.7 Å². The summed E-state index contributed by atoms with van der Waals surface area (Å²) in [6.45, 7) is 1.78. The topological polar surface area (TPSA) is 103 Å². The maximum Gasteiger partial charge on any atom is 0.269 e. The molecule has 0 aliphatic rings. The van der Waals surface area contributed by atoms with Crippen molar-refractivity contribution >= 4 is 29.0 Å². The van der Waals surface area contributed by atoms with E-state index in [2.05, 4.69) is 15.4 Å². The lowest BCUT2D eigenvalue weighted by Crippen LogP contribution is -2.23. The molecule has 1 heterocycles. The molecule has 0 radical (unpaired) electrons. The Balaban J connectivity index is 1.69. The number of aromatic nitrogens is 3. The van der Waals surface area contributed by atoms with Gasteiger partial charge in [-0.15, -0.1) is 11.8 Å². The minimum atomic E-state index is -0.453. The van der Waals surface area contributed by atoms with Gasteiger partial charge in [-0.1, -0.05) is 12.1 Å². The maximum atomic E-state index is 12.5. The van der Waals surface area contributed by atoms with E-state index in [4.69, 9.17) is 0 Å². The van der Waals surface area contributed by atoms with E-state index in [1.165, 1.54) is 30.2 Å². The summed E-state index contributed by atoms with van der Waals surface area (Å²) in [5, 5.41) is 17.3. The average molecular weight is 369 g/mol. The van der Waals surface area contributed by atoms with Gasteiger partial charge in [-0.3, -0.25) is 14.9 Å². The Hall–Kier alpha value is -3.20. The van der Waals surface area contributed by atoms with Crippen LogP contribution in [-0.2, 0) is 4.79 Å². The Kier molecular flexibility index (Phi) is 5.28. The first-order chi connectivity index (χ1) is 12.5. The fourth-order valence-corrected chi connectivity index (χ4v) is 3.12. The molecule has 1 atom stereocenters. The van der Waals surface area contributed by atoms with Crippen LogP contribution in [0.4, 0.5) is 11.4 Å². The molecule has 0 fully saturated rings. The molecule has 132 valence electrons. The molecule has 1 amide bonds. The quantitative estimate of drug-likeness (QED) is 0.406. The van der Waals surface area contributed by atoms with Crippen molar-refractivity contribution < 1.29 is 9.72 Å². The van der Waals surface area contributed by atoms with Gasteiger partial charge in [-0.05, 0) is 31.2 Å². The third-order valence-electron chi connectivity index (χ3n) is 3.56. The molecule has 1 N–H and O–H groups in total. The molecular formula is C17H15N5O3S. The van der Waals surface area contributed by atoms with Crippen molar-refractivity contribution in [3.8, 4) is 5.69 Å². The number of non-ortho nitro benzene ring substituents is 1. The summed E-state index contributed by atoms with van der Waals surface area (Å²) in [5.74, 6) is -0.180. The van der Waals surface area contributed by atoms with Crippen LogP contribution >= 0.6 is 11.8 Å². The average Bonchev–Trinajstić information content (AvgIpc) is 3.17. The van der Waals surface area contributed by atoms with Crippen molar-refractivity contribution in [3.63, 3.8) is 0 Å². The number of anilines is 1. The van der Waals surface area contributed by atoms with Gasteiger partial charge in [0, 0.05) is 17.0 Å². The van der Waals surface area contributed by atoms with Crippen LogP contribution in [0, 0.1) is 10.1 Å². The number of nitrogens with zero attached hydrogens (tertiary/aromatic N) is 4. The number of carbonyl (C=O) groups excluding carboxylic acids is 1. The molecule has 0 saturated carbocycles. The molecule has 8 nitrogen and oxygen atoms in total. The molecule has 2 aromatic carbocycles. The van der Waals surface area contributed by atoms with Crippen LogP contribution in [0.3, 0.4) is 0 Å². The van der Waals surface area contributed by atoms with Crippen LogP contribution in [0.15, 0.2) is 66.1 Å². The highest BCUT2D eigenvalue weighted by Gasteiger charge is 2.17. The highest BCUT2D eigenvalue weighted by molar-refractivity contribution is 8.00. The van der Waals surface area contributed by atoms with Crippen LogP contribution in [0.2, 0.25) is 0 Å². The zero-order valence-electron chi connectivity index (χ0n) is 13.8. The minimum Gasteiger partial charge on any atom is -0.323 e. The van der Waals surface area contributed by atoms with Crippen molar-refractivity contribution in [2.45, 2.75) is 17.1 Å². The molecule has 9 heteroatoms. The normalized spacial score (nSPS) is 11.7. The van der Waals surface area contributed by atoms with E-state index in [0.29, 0.717) is 11.4 Å². The Morgan fingerprint density at radius 2 is 1.96 bits per heavy atom. The Morgan fingerprint density at radius 1 is 1.23 bits per heavy atom.